The van der Waals surface area contributed by atoms with Gasteiger partial charge in [-0.05, 0) is 35.0 Å². The van der Waals surface area contributed by atoms with Crippen LogP contribution in [0.25, 0.3) is 0 Å². The van der Waals surface area contributed by atoms with Gasteiger partial charge in [0.15, 0.2) is 0 Å². The van der Waals surface area contributed by atoms with E-state index < -0.39 is 0 Å². The van der Waals surface area contributed by atoms with Crippen molar-refractivity contribution in [2.75, 3.05) is 31.5 Å². The van der Waals surface area contributed by atoms with E-state index >= 15 is 0 Å². The number of nitrogens with zero attached hydrogens (tertiary/aromatic N) is 2. The van der Waals surface area contributed by atoms with E-state index in [1.165, 1.54) is 0 Å². The molecule has 1 aliphatic heterocycles. The van der Waals surface area contributed by atoms with Crippen molar-refractivity contribution in [3.8, 4) is 0 Å². The molecule has 6 heteroatoms. The van der Waals surface area contributed by atoms with Crippen LogP contribution < -0.4 is 10.6 Å². The molecule has 0 radical (unpaired) electrons. The van der Waals surface area contributed by atoms with Crippen molar-refractivity contribution >= 4 is 27.7 Å². The Bertz CT molecular complexity index is 409. The topological polar surface area (TPSA) is 57.3 Å². The van der Waals surface area contributed by atoms with Crippen LogP contribution in [0.5, 0.6) is 0 Å². The van der Waals surface area contributed by atoms with E-state index in [4.69, 9.17) is 0 Å². The Morgan fingerprint density at radius 1 is 1.67 bits per heavy atom. The fourth-order valence-corrected chi connectivity index (χ4v) is 2.23. The van der Waals surface area contributed by atoms with Gasteiger partial charge in [0.25, 0.3) is 0 Å². The largest absolute Gasteiger partial charge is 0.312 e. The number of carbonyl (C=O) groups excluding carboxylic acids is 1. The van der Waals surface area contributed by atoms with Gasteiger partial charge < -0.3 is 10.6 Å². The van der Waals surface area contributed by atoms with Crippen LogP contribution >= 0.6 is 15.9 Å². The summed E-state index contributed by atoms with van der Waals surface area (Å²) in [5.41, 5.74) is 0. The maximum atomic E-state index is 11.8. The number of nitrogens with one attached hydrogen (secondary N) is 2. The van der Waals surface area contributed by atoms with Crippen molar-refractivity contribution < 1.29 is 4.79 Å². The summed E-state index contributed by atoms with van der Waals surface area (Å²) >= 11 is 3.31. The van der Waals surface area contributed by atoms with Gasteiger partial charge in [-0.25, -0.2) is 4.98 Å². The number of piperazine rings is 1. The molecule has 0 aromatic carbocycles. The van der Waals surface area contributed by atoms with Crippen LogP contribution in [-0.4, -0.2) is 48.0 Å². The van der Waals surface area contributed by atoms with Gasteiger partial charge in [-0.1, -0.05) is 0 Å². The summed E-state index contributed by atoms with van der Waals surface area (Å²) < 4.78 is 0.899. The molecular formula is C12H17BrN4O. The van der Waals surface area contributed by atoms with E-state index in [1.54, 1.807) is 12.3 Å². The van der Waals surface area contributed by atoms with Crippen molar-refractivity contribution in [1.29, 1.82) is 0 Å². The zero-order valence-electron chi connectivity index (χ0n) is 10.3. The van der Waals surface area contributed by atoms with Gasteiger partial charge in [-0.3, -0.25) is 9.69 Å². The molecular weight excluding hydrogens is 296 g/mol. The Hall–Kier alpha value is -0.980. The van der Waals surface area contributed by atoms with E-state index in [0.29, 0.717) is 18.4 Å². The Labute approximate surface area is 115 Å². The third-order valence-electron chi connectivity index (χ3n) is 2.81. The second-order valence-corrected chi connectivity index (χ2v) is 5.42. The number of hydrogen-bond donors (Lipinski definition) is 2. The predicted octanol–water partition coefficient (Wildman–Crippen LogP) is 1.08. The summed E-state index contributed by atoms with van der Waals surface area (Å²) in [6.45, 7) is 5.29. The fourth-order valence-electron chi connectivity index (χ4n) is 1.99. The number of halogens is 1. The van der Waals surface area contributed by atoms with Gasteiger partial charge in [0.2, 0.25) is 5.91 Å². The van der Waals surface area contributed by atoms with Crippen molar-refractivity contribution in [3.63, 3.8) is 0 Å². The molecule has 1 saturated heterocycles. The smallest absolute Gasteiger partial charge is 0.239 e. The third kappa shape index (κ3) is 4.04. The van der Waals surface area contributed by atoms with Crippen LogP contribution in [0.15, 0.2) is 22.8 Å². The number of amides is 1. The molecule has 1 aliphatic rings. The van der Waals surface area contributed by atoms with Crippen LogP contribution in [0.2, 0.25) is 0 Å². The minimum absolute atomic E-state index is 0.0149. The molecule has 2 heterocycles. The van der Waals surface area contributed by atoms with E-state index in [0.717, 1.165) is 24.1 Å². The highest BCUT2D eigenvalue weighted by molar-refractivity contribution is 9.10. The average Bonchev–Trinajstić information content (AvgIpc) is 2.32. The van der Waals surface area contributed by atoms with E-state index in [2.05, 4.69) is 43.4 Å². The minimum Gasteiger partial charge on any atom is -0.312 e. The Morgan fingerprint density at radius 2 is 2.50 bits per heavy atom. The lowest BCUT2D eigenvalue weighted by Gasteiger charge is -2.31. The quantitative estimate of drug-likeness (QED) is 0.877. The molecule has 1 atom stereocenters. The monoisotopic (exact) mass is 312 g/mol. The molecule has 1 aromatic rings. The molecule has 98 valence electrons. The van der Waals surface area contributed by atoms with Gasteiger partial charge in [0.05, 0.1) is 6.54 Å². The maximum Gasteiger partial charge on any atom is 0.239 e. The Morgan fingerprint density at radius 3 is 3.17 bits per heavy atom. The van der Waals surface area contributed by atoms with Crippen molar-refractivity contribution in [2.45, 2.75) is 13.0 Å². The first-order valence-electron chi connectivity index (χ1n) is 6.00. The lowest BCUT2D eigenvalue weighted by atomic mass is 10.2. The highest BCUT2D eigenvalue weighted by Gasteiger charge is 2.17. The standard InChI is InChI=1S/C12H17BrN4O/c1-9-7-17(5-4-14-9)8-12(18)16-11-3-2-10(13)6-15-11/h2-3,6,9,14H,4-5,7-8H2,1H3,(H,15,16,18)/t9-/m0/s1. The molecule has 0 spiro atoms. The van der Waals surface area contributed by atoms with Crippen LogP contribution in [0.4, 0.5) is 5.82 Å². The summed E-state index contributed by atoms with van der Waals surface area (Å²) in [5, 5.41) is 6.15. The highest BCUT2D eigenvalue weighted by Crippen LogP contribution is 2.10. The first kappa shape index (κ1) is 13.5. The molecule has 1 fully saturated rings. The van der Waals surface area contributed by atoms with Crippen molar-refractivity contribution in [2.24, 2.45) is 0 Å². The molecule has 0 aliphatic carbocycles. The van der Waals surface area contributed by atoms with Crippen LogP contribution in [0, 0.1) is 0 Å². The maximum absolute atomic E-state index is 11.8. The molecule has 1 aromatic heterocycles. The Balaban J connectivity index is 1.83. The van der Waals surface area contributed by atoms with Gasteiger partial charge in [0, 0.05) is 36.3 Å². The third-order valence-corrected chi connectivity index (χ3v) is 3.28. The van der Waals surface area contributed by atoms with Crippen LogP contribution in [0.3, 0.4) is 0 Å². The number of anilines is 1. The lowest BCUT2D eigenvalue weighted by Crippen LogP contribution is -2.51. The molecule has 18 heavy (non-hydrogen) atoms. The highest BCUT2D eigenvalue weighted by atomic mass is 79.9. The normalized spacial score (nSPS) is 20.7. The second kappa shape index (κ2) is 6.26. The number of aromatic nitrogens is 1. The average molecular weight is 313 g/mol. The number of pyridine rings is 1. The van der Waals surface area contributed by atoms with Crippen molar-refractivity contribution in [1.82, 2.24) is 15.2 Å². The lowest BCUT2D eigenvalue weighted by molar-refractivity contribution is -0.117. The number of hydrogen-bond acceptors (Lipinski definition) is 4. The van der Waals surface area contributed by atoms with E-state index in [9.17, 15) is 4.79 Å². The fraction of sp³-hybridized carbons (Fsp3) is 0.500. The first-order valence-corrected chi connectivity index (χ1v) is 6.80. The zero-order chi connectivity index (χ0) is 13.0. The van der Waals surface area contributed by atoms with E-state index in [-0.39, 0.29) is 5.91 Å². The summed E-state index contributed by atoms with van der Waals surface area (Å²) in [4.78, 5) is 18.1. The minimum atomic E-state index is -0.0149. The number of rotatable bonds is 3. The molecule has 1 amide bonds. The molecule has 2 rings (SSSR count). The SMILES string of the molecule is C[C@H]1CN(CC(=O)Nc2ccc(Br)cn2)CCN1. The molecule has 0 saturated carbocycles. The predicted molar refractivity (Wildman–Crippen MR) is 74.5 cm³/mol. The second-order valence-electron chi connectivity index (χ2n) is 4.50. The van der Waals surface area contributed by atoms with Crippen molar-refractivity contribution in [3.05, 3.63) is 22.8 Å². The summed E-state index contributed by atoms with van der Waals surface area (Å²) in [5.74, 6) is 0.574. The van der Waals surface area contributed by atoms with Crippen LogP contribution in [-0.2, 0) is 4.79 Å². The summed E-state index contributed by atoms with van der Waals surface area (Å²) in [7, 11) is 0. The van der Waals surface area contributed by atoms with Gasteiger partial charge in [-0.2, -0.15) is 0 Å². The molecule has 2 N–H and O–H groups in total. The van der Waals surface area contributed by atoms with E-state index in [1.807, 2.05) is 6.07 Å². The molecule has 5 nitrogen and oxygen atoms in total. The first-order chi connectivity index (χ1) is 8.63. The van der Waals surface area contributed by atoms with Gasteiger partial charge in [0.1, 0.15) is 5.82 Å². The van der Waals surface area contributed by atoms with Gasteiger partial charge in [-0.15, -0.1) is 0 Å². The zero-order valence-corrected chi connectivity index (χ0v) is 11.9. The number of carbonyl (C=O) groups is 1. The summed E-state index contributed by atoms with van der Waals surface area (Å²) in [6, 6.07) is 4.08. The van der Waals surface area contributed by atoms with Crippen LogP contribution in [0.1, 0.15) is 6.92 Å². The molecule has 0 unspecified atom stereocenters. The summed E-state index contributed by atoms with van der Waals surface area (Å²) in [6.07, 6.45) is 1.67. The molecule has 0 bridgehead atoms. The van der Waals surface area contributed by atoms with Gasteiger partial charge >= 0.3 is 0 Å². The Kier molecular flexibility index (Phi) is 4.68.